The summed E-state index contributed by atoms with van der Waals surface area (Å²) < 4.78 is 37.6. The standard InChI is InChI=1S/C13H22F3NO2/c1-2-10-4-3-5-11(7-6-10)17(8-12(18)19)9-13(14,15)16/h10-11H,2-9H2,1H3,(H,18,19). The fraction of sp³-hybridized carbons (Fsp3) is 0.923. The molecule has 0 aliphatic heterocycles. The molecule has 2 atom stereocenters. The van der Waals surface area contributed by atoms with E-state index in [1.165, 1.54) is 0 Å². The molecule has 112 valence electrons. The third-order valence-electron chi connectivity index (χ3n) is 3.87. The summed E-state index contributed by atoms with van der Waals surface area (Å²) in [5.74, 6) is -0.622. The maximum absolute atomic E-state index is 12.5. The minimum absolute atomic E-state index is 0.255. The lowest BCUT2D eigenvalue weighted by atomic mass is 9.97. The summed E-state index contributed by atoms with van der Waals surface area (Å²) in [6, 6.07) is -0.255. The van der Waals surface area contributed by atoms with Gasteiger partial charge in [-0.15, -0.1) is 0 Å². The monoisotopic (exact) mass is 281 g/mol. The fourth-order valence-electron chi connectivity index (χ4n) is 2.85. The van der Waals surface area contributed by atoms with Gasteiger partial charge in [-0.2, -0.15) is 13.2 Å². The van der Waals surface area contributed by atoms with Gasteiger partial charge in [-0.25, -0.2) is 0 Å². The number of rotatable bonds is 5. The molecule has 0 saturated heterocycles. The Morgan fingerprint density at radius 3 is 2.47 bits per heavy atom. The van der Waals surface area contributed by atoms with Crippen LogP contribution < -0.4 is 0 Å². The van der Waals surface area contributed by atoms with Crippen molar-refractivity contribution >= 4 is 5.97 Å². The van der Waals surface area contributed by atoms with E-state index < -0.39 is 25.2 Å². The van der Waals surface area contributed by atoms with Gasteiger partial charge in [0.25, 0.3) is 0 Å². The third-order valence-corrected chi connectivity index (χ3v) is 3.87. The molecular formula is C13H22F3NO2. The van der Waals surface area contributed by atoms with Crippen LogP contribution in [0.3, 0.4) is 0 Å². The zero-order valence-electron chi connectivity index (χ0n) is 11.2. The van der Waals surface area contributed by atoms with Crippen molar-refractivity contribution in [3.8, 4) is 0 Å². The van der Waals surface area contributed by atoms with Gasteiger partial charge in [-0.3, -0.25) is 9.69 Å². The molecule has 0 bridgehead atoms. The van der Waals surface area contributed by atoms with E-state index in [9.17, 15) is 18.0 Å². The number of halogens is 3. The molecule has 2 unspecified atom stereocenters. The van der Waals surface area contributed by atoms with Gasteiger partial charge in [-0.05, 0) is 25.2 Å². The van der Waals surface area contributed by atoms with E-state index in [0.717, 1.165) is 30.6 Å². The van der Waals surface area contributed by atoms with Crippen molar-refractivity contribution in [2.24, 2.45) is 5.92 Å². The Balaban J connectivity index is 2.65. The molecule has 1 N–H and O–H groups in total. The second kappa shape index (κ2) is 7.12. The SMILES string of the molecule is CCC1CCCC(N(CC(=O)O)CC(F)(F)F)CC1. The molecule has 1 aliphatic rings. The Labute approximate surface area is 111 Å². The zero-order valence-corrected chi connectivity index (χ0v) is 11.2. The van der Waals surface area contributed by atoms with E-state index >= 15 is 0 Å². The normalized spacial score (nSPS) is 25.3. The van der Waals surface area contributed by atoms with E-state index in [1.807, 2.05) is 0 Å². The van der Waals surface area contributed by atoms with Gasteiger partial charge in [-0.1, -0.05) is 26.2 Å². The first kappa shape index (κ1) is 16.3. The molecule has 0 spiro atoms. The molecule has 3 nitrogen and oxygen atoms in total. The highest BCUT2D eigenvalue weighted by molar-refractivity contribution is 5.69. The molecule has 19 heavy (non-hydrogen) atoms. The van der Waals surface area contributed by atoms with Gasteiger partial charge in [0.05, 0.1) is 13.1 Å². The van der Waals surface area contributed by atoms with Crippen LogP contribution in [-0.4, -0.2) is 41.3 Å². The summed E-state index contributed by atoms with van der Waals surface area (Å²) >= 11 is 0. The number of hydrogen-bond acceptors (Lipinski definition) is 2. The van der Waals surface area contributed by atoms with Gasteiger partial charge in [0.2, 0.25) is 0 Å². The second-order valence-corrected chi connectivity index (χ2v) is 5.35. The minimum atomic E-state index is -4.34. The van der Waals surface area contributed by atoms with Crippen molar-refractivity contribution in [1.82, 2.24) is 4.90 Å². The maximum Gasteiger partial charge on any atom is 0.401 e. The Morgan fingerprint density at radius 1 is 1.26 bits per heavy atom. The number of carbonyl (C=O) groups is 1. The number of alkyl halides is 3. The molecule has 0 aromatic rings. The van der Waals surface area contributed by atoms with E-state index in [4.69, 9.17) is 5.11 Å². The topological polar surface area (TPSA) is 40.5 Å². The average Bonchev–Trinajstić information content (AvgIpc) is 2.50. The first-order chi connectivity index (χ1) is 8.81. The van der Waals surface area contributed by atoms with Crippen LogP contribution in [0.15, 0.2) is 0 Å². The third kappa shape index (κ3) is 6.27. The molecule has 0 aromatic carbocycles. The van der Waals surface area contributed by atoms with Gasteiger partial charge in [0.15, 0.2) is 0 Å². The lowest BCUT2D eigenvalue weighted by molar-refractivity contribution is -0.158. The van der Waals surface area contributed by atoms with E-state index in [2.05, 4.69) is 6.92 Å². The van der Waals surface area contributed by atoms with E-state index in [-0.39, 0.29) is 6.04 Å². The quantitative estimate of drug-likeness (QED) is 0.786. The first-order valence-corrected chi connectivity index (χ1v) is 6.84. The van der Waals surface area contributed by atoms with E-state index in [1.54, 1.807) is 0 Å². The van der Waals surface area contributed by atoms with Gasteiger partial charge in [0.1, 0.15) is 0 Å². The van der Waals surface area contributed by atoms with Crippen molar-refractivity contribution in [2.75, 3.05) is 13.1 Å². The van der Waals surface area contributed by atoms with E-state index in [0.29, 0.717) is 18.8 Å². The molecule has 1 aliphatic carbocycles. The summed E-state index contributed by atoms with van der Waals surface area (Å²) in [6.07, 6.45) is 0.866. The fourth-order valence-corrected chi connectivity index (χ4v) is 2.85. The predicted molar refractivity (Wildman–Crippen MR) is 65.9 cm³/mol. The highest BCUT2D eigenvalue weighted by Gasteiger charge is 2.35. The van der Waals surface area contributed by atoms with Crippen LogP contribution in [0, 0.1) is 5.92 Å². The molecule has 6 heteroatoms. The molecule has 1 fully saturated rings. The van der Waals surface area contributed by atoms with Crippen LogP contribution in [0.4, 0.5) is 13.2 Å². The molecule has 0 heterocycles. The number of carboxylic acid groups (broad SMARTS) is 1. The van der Waals surface area contributed by atoms with Crippen LogP contribution in [0.1, 0.15) is 45.4 Å². The summed E-state index contributed by atoms with van der Waals surface area (Å²) in [4.78, 5) is 11.8. The number of aliphatic carboxylic acids is 1. The first-order valence-electron chi connectivity index (χ1n) is 6.84. The Morgan fingerprint density at radius 2 is 1.95 bits per heavy atom. The van der Waals surface area contributed by atoms with Crippen molar-refractivity contribution in [2.45, 2.75) is 57.7 Å². The molecule has 0 aromatic heterocycles. The molecule has 1 rings (SSSR count). The number of carboxylic acids is 1. The van der Waals surface area contributed by atoms with Gasteiger partial charge < -0.3 is 5.11 Å². The van der Waals surface area contributed by atoms with Crippen molar-refractivity contribution in [3.05, 3.63) is 0 Å². The lowest BCUT2D eigenvalue weighted by Crippen LogP contribution is -2.44. The van der Waals surface area contributed by atoms with Crippen LogP contribution in [0.25, 0.3) is 0 Å². The highest BCUT2D eigenvalue weighted by Crippen LogP contribution is 2.29. The lowest BCUT2D eigenvalue weighted by Gasteiger charge is -2.30. The molecule has 1 saturated carbocycles. The largest absolute Gasteiger partial charge is 0.480 e. The highest BCUT2D eigenvalue weighted by atomic mass is 19.4. The van der Waals surface area contributed by atoms with Crippen LogP contribution in [0.5, 0.6) is 0 Å². The zero-order chi connectivity index (χ0) is 14.5. The Hall–Kier alpha value is -0.780. The molecular weight excluding hydrogens is 259 g/mol. The van der Waals surface area contributed by atoms with Crippen LogP contribution in [-0.2, 0) is 4.79 Å². The minimum Gasteiger partial charge on any atom is -0.480 e. The molecule has 0 radical (unpaired) electrons. The summed E-state index contributed by atoms with van der Waals surface area (Å²) in [5, 5.41) is 8.77. The predicted octanol–water partition coefficient (Wildman–Crippen LogP) is 3.29. The van der Waals surface area contributed by atoms with Crippen LogP contribution >= 0.6 is 0 Å². The summed E-state index contributed by atoms with van der Waals surface area (Å²) in [6.45, 7) is 0.442. The van der Waals surface area contributed by atoms with Crippen LogP contribution in [0.2, 0.25) is 0 Å². The van der Waals surface area contributed by atoms with Gasteiger partial charge >= 0.3 is 12.1 Å². The smallest absolute Gasteiger partial charge is 0.401 e. The Kier molecular flexibility index (Phi) is 6.10. The Bertz CT molecular complexity index is 294. The number of nitrogens with zero attached hydrogens (tertiary/aromatic N) is 1. The second-order valence-electron chi connectivity index (χ2n) is 5.35. The number of hydrogen-bond donors (Lipinski definition) is 1. The maximum atomic E-state index is 12.5. The molecule has 0 amide bonds. The van der Waals surface area contributed by atoms with Crippen molar-refractivity contribution in [3.63, 3.8) is 0 Å². The van der Waals surface area contributed by atoms with Crippen molar-refractivity contribution < 1.29 is 23.1 Å². The summed E-state index contributed by atoms with van der Waals surface area (Å²) in [5.41, 5.74) is 0. The average molecular weight is 281 g/mol. The summed E-state index contributed by atoms with van der Waals surface area (Å²) in [7, 11) is 0. The van der Waals surface area contributed by atoms with Gasteiger partial charge in [0, 0.05) is 6.04 Å². The van der Waals surface area contributed by atoms with Crippen molar-refractivity contribution in [1.29, 1.82) is 0 Å².